The van der Waals surface area contributed by atoms with E-state index in [1.807, 2.05) is 0 Å². The van der Waals surface area contributed by atoms with Gasteiger partial charge in [0.15, 0.2) is 0 Å². The zero-order valence-electron chi connectivity index (χ0n) is 17.7. The minimum atomic E-state index is -0.0352. The van der Waals surface area contributed by atoms with Crippen LogP contribution in [0.5, 0.6) is 0 Å². The van der Waals surface area contributed by atoms with Crippen molar-refractivity contribution in [3.8, 4) is 11.1 Å². The van der Waals surface area contributed by atoms with Crippen LogP contribution < -0.4 is 0 Å². The predicted molar refractivity (Wildman–Crippen MR) is 134 cm³/mol. The van der Waals surface area contributed by atoms with Gasteiger partial charge in [-0.1, -0.05) is 74.5 Å². The average Bonchev–Trinajstić information content (AvgIpc) is 3.01. The lowest BCUT2D eigenvalue weighted by Crippen LogP contribution is -2.15. The van der Waals surface area contributed by atoms with E-state index < -0.39 is 0 Å². The smallest absolute Gasteiger partial charge is 0.0165 e. The van der Waals surface area contributed by atoms with Crippen molar-refractivity contribution in [3.05, 3.63) is 108 Å². The molecule has 0 amide bonds. The van der Waals surface area contributed by atoms with E-state index in [4.69, 9.17) is 0 Å². The van der Waals surface area contributed by atoms with Crippen molar-refractivity contribution >= 4 is 43.1 Å². The van der Waals surface area contributed by atoms with Gasteiger partial charge < -0.3 is 0 Å². The molecule has 0 saturated carbocycles. The first kappa shape index (κ1) is 17.1. The molecule has 31 heavy (non-hydrogen) atoms. The van der Waals surface area contributed by atoms with E-state index in [-0.39, 0.29) is 5.41 Å². The average molecular weight is 395 g/mol. The van der Waals surface area contributed by atoms with Gasteiger partial charge in [0.2, 0.25) is 0 Å². The molecule has 0 radical (unpaired) electrons. The summed E-state index contributed by atoms with van der Waals surface area (Å²) in [6, 6.07) is 36.3. The van der Waals surface area contributed by atoms with E-state index in [1.54, 1.807) is 0 Å². The fraction of sp³-hybridized carbons (Fsp3) is 0.0968. The highest BCUT2D eigenvalue weighted by atomic mass is 14.4. The Balaban J connectivity index is 1.58. The minimum absolute atomic E-state index is 0.0352. The molecule has 0 unspecified atom stereocenters. The summed E-state index contributed by atoms with van der Waals surface area (Å²) < 4.78 is 0. The maximum atomic E-state index is 2.43. The first-order valence-corrected chi connectivity index (χ1v) is 11.0. The van der Waals surface area contributed by atoms with Gasteiger partial charge in [0.05, 0.1) is 0 Å². The molecule has 7 rings (SSSR count). The van der Waals surface area contributed by atoms with Crippen molar-refractivity contribution in [3.63, 3.8) is 0 Å². The molecule has 0 fully saturated rings. The minimum Gasteiger partial charge on any atom is -0.0616 e. The van der Waals surface area contributed by atoms with Crippen LogP contribution in [-0.4, -0.2) is 0 Å². The summed E-state index contributed by atoms with van der Waals surface area (Å²) in [4.78, 5) is 0. The molecule has 0 N–H and O–H groups in total. The second-order valence-corrected chi connectivity index (χ2v) is 9.48. The first-order valence-electron chi connectivity index (χ1n) is 11.0. The second kappa shape index (κ2) is 5.74. The zero-order valence-corrected chi connectivity index (χ0v) is 17.7. The van der Waals surface area contributed by atoms with E-state index in [1.165, 1.54) is 65.3 Å². The lowest BCUT2D eigenvalue weighted by Gasteiger charge is -2.23. The Morgan fingerprint density at radius 2 is 1.00 bits per heavy atom. The van der Waals surface area contributed by atoms with Crippen molar-refractivity contribution in [1.82, 2.24) is 0 Å². The van der Waals surface area contributed by atoms with Gasteiger partial charge in [-0.2, -0.15) is 0 Å². The highest BCUT2D eigenvalue weighted by Gasteiger charge is 2.37. The van der Waals surface area contributed by atoms with Gasteiger partial charge in [0.1, 0.15) is 0 Å². The molecule has 6 aromatic rings. The standard InChI is InChI=1S/C31H22/c1-31(2)29-18-25-15-21-9-4-3-8-20(21)14-24(25)17-28(29)26-12-11-23-13-19-7-5-6-10-22(19)16-27(23)30(26)31/h3-18H,1-2H3. The van der Waals surface area contributed by atoms with Crippen LogP contribution in [0.1, 0.15) is 25.0 Å². The Morgan fingerprint density at radius 1 is 0.452 bits per heavy atom. The van der Waals surface area contributed by atoms with Crippen molar-refractivity contribution in [2.75, 3.05) is 0 Å². The molecule has 1 aliphatic carbocycles. The molecule has 146 valence electrons. The van der Waals surface area contributed by atoms with E-state index in [2.05, 4.69) is 111 Å². The van der Waals surface area contributed by atoms with Crippen LogP contribution in [0.2, 0.25) is 0 Å². The second-order valence-electron chi connectivity index (χ2n) is 9.48. The molecular weight excluding hydrogens is 372 g/mol. The van der Waals surface area contributed by atoms with Crippen LogP contribution in [0, 0.1) is 0 Å². The molecule has 0 saturated heterocycles. The van der Waals surface area contributed by atoms with Gasteiger partial charge in [-0.15, -0.1) is 0 Å². The molecule has 0 nitrogen and oxygen atoms in total. The summed E-state index contributed by atoms with van der Waals surface area (Å²) in [6.07, 6.45) is 0. The highest BCUT2D eigenvalue weighted by Crippen LogP contribution is 2.52. The van der Waals surface area contributed by atoms with Crippen LogP contribution in [-0.2, 0) is 5.41 Å². The third-order valence-corrected chi connectivity index (χ3v) is 7.32. The SMILES string of the molecule is CC1(C)c2cc3cc4ccccc4cc3cc2-c2ccc3cc4ccccc4cc3c21. The first-order chi connectivity index (χ1) is 15.1. The Morgan fingerprint density at radius 3 is 1.65 bits per heavy atom. The third kappa shape index (κ3) is 2.25. The van der Waals surface area contributed by atoms with E-state index >= 15 is 0 Å². The normalized spacial score (nSPS) is 14.4. The van der Waals surface area contributed by atoms with Crippen LogP contribution in [0.15, 0.2) is 97.1 Å². The molecule has 0 aromatic heterocycles. The molecular formula is C31H22. The summed E-state index contributed by atoms with van der Waals surface area (Å²) in [6.45, 7) is 4.78. The van der Waals surface area contributed by atoms with E-state index in [0.29, 0.717) is 0 Å². The summed E-state index contributed by atoms with van der Waals surface area (Å²) in [7, 11) is 0. The van der Waals surface area contributed by atoms with Crippen LogP contribution in [0.3, 0.4) is 0 Å². The monoisotopic (exact) mass is 394 g/mol. The van der Waals surface area contributed by atoms with Crippen molar-refractivity contribution < 1.29 is 0 Å². The predicted octanol–water partition coefficient (Wildman–Crippen LogP) is 8.61. The number of benzene rings is 6. The number of hydrogen-bond acceptors (Lipinski definition) is 0. The van der Waals surface area contributed by atoms with Crippen LogP contribution in [0.25, 0.3) is 54.2 Å². The highest BCUT2D eigenvalue weighted by molar-refractivity contribution is 6.07. The van der Waals surface area contributed by atoms with Gasteiger partial charge in [0.25, 0.3) is 0 Å². The number of hydrogen-bond donors (Lipinski definition) is 0. The van der Waals surface area contributed by atoms with Crippen molar-refractivity contribution in [2.45, 2.75) is 19.3 Å². The van der Waals surface area contributed by atoms with Crippen LogP contribution in [0.4, 0.5) is 0 Å². The Labute approximate surface area is 181 Å². The number of fused-ring (bicyclic) bond motifs is 8. The largest absolute Gasteiger partial charge is 0.0616 e. The summed E-state index contributed by atoms with van der Waals surface area (Å²) in [5, 5.41) is 10.6. The maximum absolute atomic E-state index is 2.43. The maximum Gasteiger partial charge on any atom is 0.0165 e. The van der Waals surface area contributed by atoms with E-state index in [0.717, 1.165) is 0 Å². The zero-order chi connectivity index (χ0) is 20.7. The molecule has 1 aliphatic rings. The van der Waals surface area contributed by atoms with Gasteiger partial charge >= 0.3 is 0 Å². The molecule has 0 heterocycles. The van der Waals surface area contributed by atoms with Gasteiger partial charge in [-0.3, -0.25) is 0 Å². The van der Waals surface area contributed by atoms with Gasteiger partial charge in [0, 0.05) is 5.41 Å². The summed E-state index contributed by atoms with van der Waals surface area (Å²) >= 11 is 0. The fourth-order valence-corrected chi connectivity index (χ4v) is 5.78. The van der Waals surface area contributed by atoms with E-state index in [9.17, 15) is 0 Å². The quantitative estimate of drug-likeness (QED) is 0.226. The summed E-state index contributed by atoms with van der Waals surface area (Å²) in [5.74, 6) is 0. The Kier molecular flexibility index (Phi) is 3.16. The summed E-state index contributed by atoms with van der Waals surface area (Å²) in [5.41, 5.74) is 5.64. The fourth-order valence-electron chi connectivity index (χ4n) is 5.78. The van der Waals surface area contributed by atoms with Crippen molar-refractivity contribution in [2.24, 2.45) is 0 Å². The third-order valence-electron chi connectivity index (χ3n) is 7.32. The molecule has 0 heteroatoms. The molecule has 0 spiro atoms. The molecule has 0 atom stereocenters. The topological polar surface area (TPSA) is 0 Å². The van der Waals surface area contributed by atoms with Crippen LogP contribution >= 0.6 is 0 Å². The van der Waals surface area contributed by atoms with Gasteiger partial charge in [-0.25, -0.2) is 0 Å². The van der Waals surface area contributed by atoms with Crippen molar-refractivity contribution in [1.29, 1.82) is 0 Å². The van der Waals surface area contributed by atoms with Gasteiger partial charge in [-0.05, 0) is 102 Å². The molecule has 0 aliphatic heterocycles. The lowest BCUT2D eigenvalue weighted by molar-refractivity contribution is 0.667. The molecule has 6 aromatic carbocycles. The Hall–Kier alpha value is -3.64. The number of rotatable bonds is 0. The lowest BCUT2D eigenvalue weighted by atomic mass is 9.79. The Bertz CT molecular complexity index is 1700. The molecule has 0 bridgehead atoms.